The van der Waals surface area contributed by atoms with Crippen LogP contribution in [0.5, 0.6) is 0 Å². The van der Waals surface area contributed by atoms with Gasteiger partial charge in [-0.2, -0.15) is 0 Å². The number of hydrogen-bond donors (Lipinski definition) is 1. The fourth-order valence-corrected chi connectivity index (χ4v) is 1.52. The second-order valence-electron chi connectivity index (χ2n) is 3.01. The van der Waals surface area contributed by atoms with E-state index in [1.165, 1.54) is 0 Å². The lowest BCUT2D eigenvalue weighted by Gasteiger charge is -2.06. The third-order valence-corrected chi connectivity index (χ3v) is 2.48. The van der Waals surface area contributed by atoms with Crippen LogP contribution < -0.4 is 5.73 Å². The van der Waals surface area contributed by atoms with Gasteiger partial charge < -0.3 is 19.5 Å². The van der Waals surface area contributed by atoms with Crippen LogP contribution in [-0.2, 0) is 25.0 Å². The molecular weight excluding hydrogens is 245 g/mol. The molecule has 0 radical (unpaired) electrons. The molecule has 7 heteroatoms. The van der Waals surface area contributed by atoms with Crippen LogP contribution in [0.4, 0.5) is 4.79 Å². The van der Waals surface area contributed by atoms with Crippen molar-refractivity contribution in [1.82, 2.24) is 0 Å². The number of hydrogen-bond acceptors (Lipinski definition) is 6. The van der Waals surface area contributed by atoms with Crippen molar-refractivity contribution < 1.29 is 23.1 Å². The molecule has 0 aliphatic heterocycles. The van der Waals surface area contributed by atoms with Gasteiger partial charge in [0.25, 0.3) is 0 Å². The minimum atomic E-state index is -2.86. The summed E-state index contributed by atoms with van der Waals surface area (Å²) in [6.45, 7) is 0.342. The summed E-state index contributed by atoms with van der Waals surface area (Å²) >= 11 is 0. The molecule has 0 bridgehead atoms. The first-order chi connectivity index (χ1) is 8.22. The van der Waals surface area contributed by atoms with Gasteiger partial charge in [0.05, 0.1) is 6.61 Å². The minimum Gasteiger partial charge on any atom is -0.429 e. The maximum atomic E-state index is 11.1. The van der Waals surface area contributed by atoms with Crippen LogP contribution in [0.15, 0.2) is 30.3 Å². The van der Waals surface area contributed by atoms with Gasteiger partial charge in [0, 0.05) is 6.54 Å². The van der Waals surface area contributed by atoms with Crippen LogP contribution in [0.25, 0.3) is 0 Å². The highest BCUT2D eigenvalue weighted by atomic mass is 31.1. The quantitative estimate of drug-likeness (QED) is 0.618. The van der Waals surface area contributed by atoms with E-state index in [9.17, 15) is 9.36 Å². The second kappa shape index (κ2) is 7.84. The van der Waals surface area contributed by atoms with E-state index in [2.05, 4.69) is 9.05 Å². The van der Waals surface area contributed by atoms with Crippen molar-refractivity contribution in [2.45, 2.75) is 6.61 Å². The molecule has 2 N–H and O–H groups in total. The lowest BCUT2D eigenvalue weighted by atomic mass is 10.2. The molecular formula is C10H14NO5P. The third-order valence-electron chi connectivity index (χ3n) is 1.70. The van der Waals surface area contributed by atoms with Crippen LogP contribution in [0.3, 0.4) is 0 Å². The number of nitrogens with two attached hydrogens (primary N) is 1. The summed E-state index contributed by atoms with van der Waals surface area (Å²) in [5.74, 6) is 0. The molecule has 0 fully saturated rings. The number of carbonyl (C=O) groups is 1. The SMILES string of the molecule is NCCO[PH](=O)OC(=O)OCc1ccccc1. The van der Waals surface area contributed by atoms with E-state index in [1.54, 1.807) is 12.1 Å². The lowest BCUT2D eigenvalue weighted by Crippen LogP contribution is -2.07. The molecule has 0 heterocycles. The molecule has 1 unspecified atom stereocenters. The molecule has 1 rings (SSSR count). The fourth-order valence-electron chi connectivity index (χ4n) is 0.986. The molecule has 0 saturated carbocycles. The average Bonchev–Trinajstić information content (AvgIpc) is 2.35. The van der Waals surface area contributed by atoms with Gasteiger partial charge in [-0.25, -0.2) is 9.36 Å². The Hall–Kier alpha value is -1.36. The van der Waals surface area contributed by atoms with Gasteiger partial charge in [-0.3, -0.25) is 0 Å². The van der Waals surface area contributed by atoms with Crippen LogP contribution in [0.1, 0.15) is 5.56 Å². The first kappa shape index (κ1) is 13.7. The topological polar surface area (TPSA) is 87.9 Å². The smallest absolute Gasteiger partial charge is 0.429 e. The summed E-state index contributed by atoms with van der Waals surface area (Å²) in [6, 6.07) is 9.07. The van der Waals surface area contributed by atoms with Crippen molar-refractivity contribution in [3.05, 3.63) is 35.9 Å². The Labute approximate surface area is 99.6 Å². The minimum absolute atomic E-state index is 0.0612. The molecule has 0 amide bonds. The third kappa shape index (κ3) is 6.06. The van der Waals surface area contributed by atoms with Gasteiger partial charge in [0.2, 0.25) is 0 Å². The maximum absolute atomic E-state index is 11.1. The van der Waals surface area contributed by atoms with Crippen molar-refractivity contribution in [1.29, 1.82) is 0 Å². The predicted molar refractivity (Wildman–Crippen MR) is 61.7 cm³/mol. The zero-order valence-electron chi connectivity index (χ0n) is 9.13. The number of rotatable bonds is 6. The van der Waals surface area contributed by atoms with Crippen LogP contribution in [-0.4, -0.2) is 19.3 Å². The van der Waals surface area contributed by atoms with E-state index < -0.39 is 14.4 Å². The summed E-state index contributed by atoms with van der Waals surface area (Å²) in [7, 11) is -2.86. The number of benzene rings is 1. The van der Waals surface area contributed by atoms with Gasteiger partial charge in [-0.15, -0.1) is 0 Å². The summed E-state index contributed by atoms with van der Waals surface area (Å²) < 4.78 is 24.7. The largest absolute Gasteiger partial charge is 0.515 e. The highest BCUT2D eigenvalue weighted by molar-refractivity contribution is 7.34. The maximum Gasteiger partial charge on any atom is 0.515 e. The molecule has 0 spiro atoms. The van der Waals surface area contributed by atoms with Crippen molar-refractivity contribution in [2.24, 2.45) is 5.73 Å². The number of ether oxygens (including phenoxy) is 1. The first-order valence-corrected chi connectivity index (χ1v) is 6.20. The Morgan fingerprint density at radius 1 is 1.29 bits per heavy atom. The molecule has 0 aliphatic rings. The van der Waals surface area contributed by atoms with E-state index in [4.69, 9.17) is 10.5 Å². The van der Waals surface area contributed by atoms with Crippen LogP contribution in [0.2, 0.25) is 0 Å². The fraction of sp³-hybridized carbons (Fsp3) is 0.300. The average molecular weight is 259 g/mol. The highest BCUT2D eigenvalue weighted by Gasteiger charge is 2.09. The first-order valence-electron chi connectivity index (χ1n) is 4.97. The molecule has 17 heavy (non-hydrogen) atoms. The van der Waals surface area contributed by atoms with Gasteiger partial charge >= 0.3 is 14.4 Å². The Bertz CT molecular complexity index is 370. The molecule has 0 aromatic heterocycles. The molecule has 1 aromatic rings. The van der Waals surface area contributed by atoms with E-state index in [0.29, 0.717) is 0 Å². The van der Waals surface area contributed by atoms with E-state index >= 15 is 0 Å². The van der Waals surface area contributed by atoms with E-state index in [-0.39, 0.29) is 19.8 Å². The van der Waals surface area contributed by atoms with Gasteiger partial charge in [-0.1, -0.05) is 30.3 Å². The Kier molecular flexibility index (Phi) is 6.32. The van der Waals surface area contributed by atoms with E-state index in [1.807, 2.05) is 18.2 Å². The molecule has 0 saturated heterocycles. The van der Waals surface area contributed by atoms with Crippen molar-refractivity contribution >= 4 is 14.4 Å². The molecule has 6 nitrogen and oxygen atoms in total. The molecule has 94 valence electrons. The molecule has 0 aliphatic carbocycles. The Balaban J connectivity index is 2.24. The number of carbonyl (C=O) groups excluding carboxylic acids is 1. The van der Waals surface area contributed by atoms with Crippen LogP contribution >= 0.6 is 8.25 Å². The summed E-state index contributed by atoms with van der Waals surface area (Å²) in [4.78, 5) is 11.1. The predicted octanol–water partition coefficient (Wildman–Crippen LogP) is 1.70. The molecule has 1 aromatic carbocycles. The monoisotopic (exact) mass is 259 g/mol. The second-order valence-corrected chi connectivity index (χ2v) is 4.01. The Morgan fingerprint density at radius 2 is 2.00 bits per heavy atom. The van der Waals surface area contributed by atoms with Gasteiger partial charge in [0.1, 0.15) is 6.61 Å². The van der Waals surface area contributed by atoms with Gasteiger partial charge in [-0.05, 0) is 5.56 Å². The standard InChI is InChI=1S/C10H14NO5P/c11-6-7-15-17(13)16-10(12)14-8-9-4-2-1-3-5-9/h1-5,17H,6-8,11H2. The Morgan fingerprint density at radius 3 is 2.65 bits per heavy atom. The summed E-state index contributed by atoms with van der Waals surface area (Å²) in [5.41, 5.74) is 5.94. The molecule has 1 atom stereocenters. The normalized spacial score (nSPS) is 11.8. The van der Waals surface area contributed by atoms with Crippen LogP contribution in [0, 0.1) is 0 Å². The van der Waals surface area contributed by atoms with Crippen molar-refractivity contribution in [3.63, 3.8) is 0 Å². The van der Waals surface area contributed by atoms with E-state index in [0.717, 1.165) is 5.56 Å². The zero-order valence-corrected chi connectivity index (χ0v) is 10.1. The summed E-state index contributed by atoms with van der Waals surface area (Å²) in [6.07, 6.45) is -1.02. The van der Waals surface area contributed by atoms with Crippen molar-refractivity contribution in [3.8, 4) is 0 Å². The zero-order chi connectivity index (χ0) is 12.5. The van der Waals surface area contributed by atoms with Crippen molar-refractivity contribution in [2.75, 3.05) is 13.2 Å². The highest BCUT2D eigenvalue weighted by Crippen LogP contribution is 2.24. The lowest BCUT2D eigenvalue weighted by molar-refractivity contribution is 0.0886. The van der Waals surface area contributed by atoms with Gasteiger partial charge in [0.15, 0.2) is 0 Å². The summed E-state index contributed by atoms with van der Waals surface area (Å²) in [5, 5.41) is 0.